The maximum absolute atomic E-state index is 14.1. The van der Waals surface area contributed by atoms with Gasteiger partial charge in [-0.15, -0.1) is 0 Å². The van der Waals surface area contributed by atoms with Crippen LogP contribution in [0.2, 0.25) is 0 Å². The molecule has 0 amide bonds. The third kappa shape index (κ3) is 3.67. The van der Waals surface area contributed by atoms with Crippen LogP contribution in [-0.4, -0.2) is 16.3 Å². The normalized spacial score (nSPS) is 12.6. The zero-order valence-electron chi connectivity index (χ0n) is 11.7. The number of halogens is 2. The molecule has 0 aliphatic rings. The van der Waals surface area contributed by atoms with Gasteiger partial charge in [-0.2, -0.15) is 5.10 Å². The van der Waals surface area contributed by atoms with E-state index in [0.29, 0.717) is 12.0 Å². The van der Waals surface area contributed by atoms with Crippen molar-refractivity contribution in [2.75, 3.05) is 6.54 Å². The Balaban J connectivity index is 2.27. The molecule has 0 radical (unpaired) electrons. The minimum Gasteiger partial charge on any atom is -0.309 e. The fraction of sp³-hybridized carbons (Fsp3) is 0.400. The Morgan fingerprint density at radius 3 is 2.80 bits per heavy atom. The molecule has 20 heavy (non-hydrogen) atoms. The van der Waals surface area contributed by atoms with E-state index in [-0.39, 0.29) is 11.9 Å². The van der Waals surface area contributed by atoms with E-state index in [0.717, 1.165) is 23.1 Å². The molecule has 3 nitrogen and oxygen atoms in total. The van der Waals surface area contributed by atoms with Gasteiger partial charge in [0.1, 0.15) is 5.82 Å². The minimum atomic E-state index is -0.191. The molecule has 1 unspecified atom stereocenters. The first-order valence-corrected chi connectivity index (χ1v) is 7.57. The second-order valence-corrected chi connectivity index (χ2v) is 5.68. The van der Waals surface area contributed by atoms with E-state index >= 15 is 0 Å². The maximum atomic E-state index is 14.1. The van der Waals surface area contributed by atoms with Crippen molar-refractivity contribution in [2.24, 2.45) is 7.05 Å². The summed E-state index contributed by atoms with van der Waals surface area (Å²) in [5.74, 6) is -0.191. The second-order valence-electron chi connectivity index (χ2n) is 4.83. The van der Waals surface area contributed by atoms with Gasteiger partial charge >= 0.3 is 0 Å². The van der Waals surface area contributed by atoms with Crippen LogP contribution in [0.5, 0.6) is 0 Å². The summed E-state index contributed by atoms with van der Waals surface area (Å²) in [6.45, 7) is 2.94. The van der Waals surface area contributed by atoms with Crippen molar-refractivity contribution in [1.82, 2.24) is 15.1 Å². The average Bonchev–Trinajstić information content (AvgIpc) is 2.81. The monoisotopic (exact) mass is 339 g/mol. The SMILES string of the molecule is CCCNC(Cc1ccn(C)n1)c1c(F)cccc1Br. The Morgan fingerprint density at radius 1 is 1.40 bits per heavy atom. The van der Waals surface area contributed by atoms with Gasteiger partial charge in [0.05, 0.1) is 5.69 Å². The van der Waals surface area contributed by atoms with Crippen LogP contribution >= 0.6 is 15.9 Å². The van der Waals surface area contributed by atoms with Crippen molar-refractivity contribution < 1.29 is 4.39 Å². The lowest BCUT2D eigenvalue weighted by Crippen LogP contribution is -2.25. The molecule has 0 fully saturated rings. The number of hydrogen-bond donors (Lipinski definition) is 1. The molecule has 0 bridgehead atoms. The molecule has 108 valence electrons. The van der Waals surface area contributed by atoms with Crippen molar-refractivity contribution in [3.05, 3.63) is 52.0 Å². The van der Waals surface area contributed by atoms with Crippen LogP contribution in [0.15, 0.2) is 34.9 Å². The van der Waals surface area contributed by atoms with Crippen molar-refractivity contribution >= 4 is 15.9 Å². The Morgan fingerprint density at radius 2 is 2.20 bits per heavy atom. The van der Waals surface area contributed by atoms with Crippen molar-refractivity contribution in [1.29, 1.82) is 0 Å². The summed E-state index contributed by atoms with van der Waals surface area (Å²) in [5.41, 5.74) is 1.63. The number of rotatable bonds is 6. The molecule has 0 aliphatic heterocycles. The Bertz CT molecular complexity index is 548. The maximum Gasteiger partial charge on any atom is 0.129 e. The van der Waals surface area contributed by atoms with Crippen LogP contribution in [-0.2, 0) is 13.5 Å². The summed E-state index contributed by atoms with van der Waals surface area (Å²) in [4.78, 5) is 0. The highest BCUT2D eigenvalue weighted by atomic mass is 79.9. The Kier molecular flexibility index (Phi) is 5.31. The third-order valence-corrected chi connectivity index (χ3v) is 3.86. The van der Waals surface area contributed by atoms with Gasteiger partial charge in [0.25, 0.3) is 0 Å². The second kappa shape index (κ2) is 6.99. The quantitative estimate of drug-likeness (QED) is 0.871. The van der Waals surface area contributed by atoms with Crippen LogP contribution in [0, 0.1) is 5.82 Å². The van der Waals surface area contributed by atoms with Crippen molar-refractivity contribution in [3.63, 3.8) is 0 Å². The van der Waals surface area contributed by atoms with Crippen LogP contribution in [0.3, 0.4) is 0 Å². The first kappa shape index (κ1) is 15.2. The highest BCUT2D eigenvalue weighted by molar-refractivity contribution is 9.10. The average molecular weight is 340 g/mol. The third-order valence-electron chi connectivity index (χ3n) is 3.17. The summed E-state index contributed by atoms with van der Waals surface area (Å²) >= 11 is 3.45. The van der Waals surface area contributed by atoms with Gasteiger partial charge < -0.3 is 5.32 Å². The van der Waals surface area contributed by atoms with E-state index in [1.54, 1.807) is 10.7 Å². The smallest absolute Gasteiger partial charge is 0.129 e. The fourth-order valence-corrected chi connectivity index (χ4v) is 2.84. The van der Waals surface area contributed by atoms with Crippen molar-refractivity contribution in [2.45, 2.75) is 25.8 Å². The molecule has 2 rings (SSSR count). The topological polar surface area (TPSA) is 29.9 Å². The lowest BCUT2D eigenvalue weighted by atomic mass is 10.0. The number of aromatic nitrogens is 2. The van der Waals surface area contributed by atoms with Crippen LogP contribution in [0.25, 0.3) is 0 Å². The largest absolute Gasteiger partial charge is 0.309 e. The molecule has 1 N–H and O–H groups in total. The minimum absolute atomic E-state index is 0.0829. The number of aryl methyl sites for hydroxylation is 1. The van der Waals surface area contributed by atoms with Crippen LogP contribution in [0.1, 0.15) is 30.6 Å². The first-order chi connectivity index (χ1) is 9.61. The van der Waals surface area contributed by atoms with Gasteiger partial charge in [0, 0.05) is 35.7 Å². The highest BCUT2D eigenvalue weighted by Gasteiger charge is 2.19. The summed E-state index contributed by atoms with van der Waals surface area (Å²) in [5, 5.41) is 7.79. The van der Waals surface area contributed by atoms with Gasteiger partial charge in [0.15, 0.2) is 0 Å². The molecular formula is C15H19BrFN3. The van der Waals surface area contributed by atoms with Gasteiger partial charge in [0.2, 0.25) is 0 Å². The van der Waals surface area contributed by atoms with E-state index in [1.165, 1.54) is 6.07 Å². The lowest BCUT2D eigenvalue weighted by Gasteiger charge is -2.20. The molecule has 0 spiro atoms. The van der Waals surface area contributed by atoms with Gasteiger partial charge in [-0.05, 0) is 31.2 Å². The molecule has 5 heteroatoms. The van der Waals surface area contributed by atoms with Gasteiger partial charge in [-0.25, -0.2) is 4.39 Å². The van der Waals surface area contributed by atoms with Crippen LogP contribution < -0.4 is 5.32 Å². The first-order valence-electron chi connectivity index (χ1n) is 6.77. The fourth-order valence-electron chi connectivity index (χ4n) is 2.22. The number of nitrogens with one attached hydrogen (secondary N) is 1. The summed E-state index contributed by atoms with van der Waals surface area (Å²) in [7, 11) is 1.89. The summed E-state index contributed by atoms with van der Waals surface area (Å²) in [6.07, 6.45) is 3.58. The number of hydrogen-bond acceptors (Lipinski definition) is 2. The predicted octanol–water partition coefficient (Wildman–Crippen LogP) is 3.61. The van der Waals surface area contributed by atoms with Gasteiger partial charge in [-0.1, -0.05) is 28.9 Å². The number of nitrogens with zero attached hydrogens (tertiary/aromatic N) is 2. The number of benzene rings is 1. The molecule has 2 aromatic rings. The summed E-state index contributed by atoms with van der Waals surface area (Å²) in [6, 6.07) is 6.97. The molecular weight excluding hydrogens is 321 g/mol. The van der Waals surface area contributed by atoms with E-state index < -0.39 is 0 Å². The standard InChI is InChI=1S/C15H19BrFN3/c1-3-8-18-14(10-11-7-9-20(2)19-11)15-12(16)5-4-6-13(15)17/h4-7,9,14,18H,3,8,10H2,1-2H3. The zero-order valence-corrected chi connectivity index (χ0v) is 13.3. The Labute approximate surface area is 127 Å². The van der Waals surface area contributed by atoms with E-state index in [2.05, 4.69) is 33.3 Å². The highest BCUT2D eigenvalue weighted by Crippen LogP contribution is 2.28. The lowest BCUT2D eigenvalue weighted by molar-refractivity contribution is 0.489. The predicted molar refractivity (Wildman–Crippen MR) is 82.0 cm³/mol. The van der Waals surface area contributed by atoms with E-state index in [4.69, 9.17) is 0 Å². The summed E-state index contributed by atoms with van der Waals surface area (Å²) < 4.78 is 16.7. The Hall–Kier alpha value is -1.20. The van der Waals surface area contributed by atoms with E-state index in [9.17, 15) is 4.39 Å². The zero-order chi connectivity index (χ0) is 14.5. The molecule has 0 aliphatic carbocycles. The molecule has 0 saturated heterocycles. The van der Waals surface area contributed by atoms with Crippen molar-refractivity contribution in [3.8, 4) is 0 Å². The molecule has 1 atom stereocenters. The molecule has 1 heterocycles. The van der Waals surface area contributed by atoms with E-state index in [1.807, 2.05) is 25.4 Å². The van der Waals surface area contributed by atoms with Crippen LogP contribution in [0.4, 0.5) is 4.39 Å². The molecule has 0 saturated carbocycles. The molecule has 1 aromatic carbocycles. The molecule has 1 aromatic heterocycles. The van der Waals surface area contributed by atoms with Gasteiger partial charge in [-0.3, -0.25) is 4.68 Å².